The van der Waals surface area contributed by atoms with Crippen LogP contribution in [0.4, 0.5) is 10.5 Å². The van der Waals surface area contributed by atoms with Gasteiger partial charge in [-0.3, -0.25) is 5.32 Å². The van der Waals surface area contributed by atoms with Crippen LogP contribution in [0.2, 0.25) is 0 Å². The molecule has 0 bridgehead atoms. The van der Waals surface area contributed by atoms with Gasteiger partial charge >= 0.3 is 12.1 Å². The fraction of sp³-hybridized carbons (Fsp3) is 0.143. The van der Waals surface area contributed by atoms with Crippen LogP contribution in [0.1, 0.15) is 38.9 Å². The second-order valence-corrected chi connectivity index (χ2v) is 8.29. The molecule has 1 amide bonds. The number of carbonyl (C=O) groups is 2. The van der Waals surface area contributed by atoms with Gasteiger partial charge in [-0.25, -0.2) is 9.59 Å². The second kappa shape index (κ2) is 9.38. The summed E-state index contributed by atoms with van der Waals surface area (Å²) in [7, 11) is 0. The highest BCUT2D eigenvalue weighted by Crippen LogP contribution is 2.44. The topological polar surface area (TPSA) is 98.0 Å². The van der Waals surface area contributed by atoms with E-state index in [-0.39, 0.29) is 24.9 Å². The second-order valence-electron chi connectivity index (χ2n) is 8.29. The van der Waals surface area contributed by atoms with Crippen LogP contribution in [0.3, 0.4) is 0 Å². The summed E-state index contributed by atoms with van der Waals surface area (Å²) in [5.41, 5.74) is 6.08. The fourth-order valence-electron chi connectivity index (χ4n) is 4.34. The van der Waals surface area contributed by atoms with Crippen LogP contribution >= 0.6 is 0 Å². The Labute approximate surface area is 201 Å². The van der Waals surface area contributed by atoms with Crippen molar-refractivity contribution in [1.82, 2.24) is 0 Å². The Balaban J connectivity index is 1.19. The number of aromatic carboxylic acids is 1. The fourth-order valence-corrected chi connectivity index (χ4v) is 4.34. The van der Waals surface area contributed by atoms with E-state index in [1.807, 2.05) is 31.2 Å². The Morgan fingerprint density at radius 2 is 1.63 bits per heavy atom. The van der Waals surface area contributed by atoms with Gasteiger partial charge < -0.3 is 19.0 Å². The number of fused-ring (bicyclic) bond motifs is 3. The van der Waals surface area contributed by atoms with Crippen molar-refractivity contribution in [1.29, 1.82) is 0 Å². The van der Waals surface area contributed by atoms with Gasteiger partial charge in [0, 0.05) is 11.6 Å². The normalized spacial score (nSPS) is 12.0. The number of carboxylic acids is 1. The number of carboxylic acid groups (broad SMARTS) is 1. The van der Waals surface area contributed by atoms with Crippen molar-refractivity contribution in [3.8, 4) is 16.9 Å². The predicted octanol–water partition coefficient (Wildman–Crippen LogP) is 6.23. The molecule has 4 aromatic rings. The number of nitrogens with one attached hydrogen (secondary N) is 1. The summed E-state index contributed by atoms with van der Waals surface area (Å²) < 4.78 is 16.5. The molecule has 1 aromatic heterocycles. The maximum Gasteiger partial charge on any atom is 0.411 e. The van der Waals surface area contributed by atoms with Gasteiger partial charge in [0.1, 0.15) is 24.7 Å². The molecule has 7 nitrogen and oxygen atoms in total. The van der Waals surface area contributed by atoms with E-state index in [1.54, 1.807) is 24.3 Å². The first-order valence-corrected chi connectivity index (χ1v) is 11.2. The number of amides is 1. The largest absolute Gasteiger partial charge is 0.486 e. The van der Waals surface area contributed by atoms with Crippen molar-refractivity contribution >= 4 is 17.7 Å². The monoisotopic (exact) mass is 469 g/mol. The Morgan fingerprint density at radius 3 is 2.26 bits per heavy atom. The summed E-state index contributed by atoms with van der Waals surface area (Å²) in [5.74, 6) is -0.304. The van der Waals surface area contributed by atoms with E-state index < -0.39 is 12.1 Å². The van der Waals surface area contributed by atoms with Crippen LogP contribution in [0.25, 0.3) is 11.1 Å². The van der Waals surface area contributed by atoms with E-state index in [4.69, 9.17) is 19.0 Å². The predicted molar refractivity (Wildman–Crippen MR) is 130 cm³/mol. The Morgan fingerprint density at radius 1 is 0.943 bits per heavy atom. The zero-order valence-electron chi connectivity index (χ0n) is 19.0. The third kappa shape index (κ3) is 4.61. The molecule has 0 atom stereocenters. The lowest BCUT2D eigenvalue weighted by Gasteiger charge is -2.15. The zero-order valence-corrected chi connectivity index (χ0v) is 19.0. The number of benzene rings is 3. The third-order valence-corrected chi connectivity index (χ3v) is 6.03. The number of rotatable bonds is 7. The van der Waals surface area contributed by atoms with E-state index in [2.05, 4.69) is 29.6 Å². The molecular weight excluding hydrogens is 446 g/mol. The first kappa shape index (κ1) is 22.3. The Hall–Kier alpha value is -4.52. The smallest absolute Gasteiger partial charge is 0.411 e. The molecule has 7 heteroatoms. The van der Waals surface area contributed by atoms with Gasteiger partial charge in [0.2, 0.25) is 5.76 Å². The highest BCUT2D eigenvalue weighted by atomic mass is 16.5. The third-order valence-electron chi connectivity index (χ3n) is 6.03. The first-order valence-electron chi connectivity index (χ1n) is 11.2. The summed E-state index contributed by atoms with van der Waals surface area (Å²) in [4.78, 5) is 23.5. The maximum absolute atomic E-state index is 12.6. The van der Waals surface area contributed by atoms with Crippen LogP contribution in [0.5, 0.6) is 5.75 Å². The number of furan rings is 1. The van der Waals surface area contributed by atoms with Gasteiger partial charge in [0.05, 0.1) is 0 Å². The molecule has 0 aliphatic heterocycles. The Kier molecular flexibility index (Phi) is 5.97. The summed E-state index contributed by atoms with van der Waals surface area (Å²) >= 11 is 0. The molecule has 5 rings (SSSR count). The van der Waals surface area contributed by atoms with Gasteiger partial charge in [-0.1, -0.05) is 48.5 Å². The van der Waals surface area contributed by atoms with E-state index >= 15 is 0 Å². The molecule has 176 valence electrons. The highest BCUT2D eigenvalue weighted by molar-refractivity contribution is 5.86. The summed E-state index contributed by atoms with van der Waals surface area (Å²) in [5, 5.41) is 11.7. The number of anilines is 1. The van der Waals surface area contributed by atoms with E-state index in [9.17, 15) is 9.59 Å². The van der Waals surface area contributed by atoms with Crippen molar-refractivity contribution < 1.29 is 28.6 Å². The summed E-state index contributed by atoms with van der Waals surface area (Å²) in [6, 6.07) is 24.6. The number of hydrogen-bond donors (Lipinski definition) is 2. The van der Waals surface area contributed by atoms with Crippen molar-refractivity contribution in [2.24, 2.45) is 0 Å². The minimum absolute atomic E-state index is 0.00623. The molecule has 0 fully saturated rings. The van der Waals surface area contributed by atoms with Crippen molar-refractivity contribution in [3.05, 3.63) is 107 Å². The molecule has 0 spiro atoms. The van der Waals surface area contributed by atoms with Gasteiger partial charge in [0.25, 0.3) is 0 Å². The standard InChI is InChI=1S/C28H23NO6/c1-17-14-18(33-15-19-11-13-26(35-19)27(30)31)10-12-25(17)29-28(32)34-16-24-22-8-4-2-6-20(22)21-7-3-5-9-23(21)24/h2-14,24H,15-16H2,1H3,(H,29,32)(H,30,31). The molecular formula is C28H23NO6. The molecule has 1 heterocycles. The van der Waals surface area contributed by atoms with Crippen LogP contribution < -0.4 is 10.1 Å². The molecule has 0 saturated carbocycles. The quantitative estimate of drug-likeness (QED) is 0.333. The average molecular weight is 469 g/mol. The van der Waals surface area contributed by atoms with Crippen LogP contribution in [-0.2, 0) is 11.3 Å². The molecule has 0 saturated heterocycles. The van der Waals surface area contributed by atoms with Crippen molar-refractivity contribution in [3.63, 3.8) is 0 Å². The van der Waals surface area contributed by atoms with Gasteiger partial charge in [-0.05, 0) is 65.1 Å². The van der Waals surface area contributed by atoms with Crippen LogP contribution in [0.15, 0.2) is 83.3 Å². The van der Waals surface area contributed by atoms with Gasteiger partial charge in [-0.2, -0.15) is 0 Å². The molecule has 1 aliphatic rings. The van der Waals surface area contributed by atoms with Gasteiger partial charge in [-0.15, -0.1) is 0 Å². The minimum Gasteiger partial charge on any atom is -0.486 e. The summed E-state index contributed by atoms with van der Waals surface area (Å²) in [6.07, 6.45) is -0.527. The number of ether oxygens (including phenoxy) is 2. The summed E-state index contributed by atoms with van der Waals surface area (Å²) in [6.45, 7) is 2.18. The Bertz CT molecular complexity index is 1360. The van der Waals surface area contributed by atoms with Gasteiger partial charge in [0.15, 0.2) is 0 Å². The average Bonchev–Trinajstić information content (AvgIpc) is 3.46. The van der Waals surface area contributed by atoms with E-state index in [0.29, 0.717) is 17.2 Å². The first-order chi connectivity index (χ1) is 17.0. The molecule has 35 heavy (non-hydrogen) atoms. The lowest BCUT2D eigenvalue weighted by atomic mass is 9.98. The van der Waals surface area contributed by atoms with E-state index in [1.165, 1.54) is 17.2 Å². The molecule has 0 unspecified atom stereocenters. The number of aryl methyl sites for hydroxylation is 1. The minimum atomic E-state index is -1.13. The number of carbonyl (C=O) groups excluding carboxylic acids is 1. The SMILES string of the molecule is Cc1cc(OCc2ccc(C(=O)O)o2)ccc1NC(=O)OCC1c2ccccc2-c2ccccc21. The lowest BCUT2D eigenvalue weighted by molar-refractivity contribution is 0.0658. The lowest BCUT2D eigenvalue weighted by Crippen LogP contribution is -2.18. The zero-order chi connectivity index (χ0) is 24.4. The van der Waals surface area contributed by atoms with Crippen LogP contribution in [-0.4, -0.2) is 23.8 Å². The highest BCUT2D eigenvalue weighted by Gasteiger charge is 2.29. The maximum atomic E-state index is 12.6. The molecule has 2 N–H and O–H groups in total. The van der Waals surface area contributed by atoms with E-state index in [0.717, 1.165) is 16.7 Å². The molecule has 1 aliphatic carbocycles. The number of hydrogen-bond acceptors (Lipinski definition) is 5. The molecule has 3 aromatic carbocycles. The molecule has 0 radical (unpaired) electrons. The van der Waals surface area contributed by atoms with Crippen molar-refractivity contribution in [2.45, 2.75) is 19.4 Å². The van der Waals surface area contributed by atoms with Crippen molar-refractivity contribution in [2.75, 3.05) is 11.9 Å². The van der Waals surface area contributed by atoms with Crippen LogP contribution in [0, 0.1) is 6.92 Å².